The average molecular weight is 244 g/mol. The number of nitrogens with two attached hydrogens (primary N) is 1. The molecule has 0 atom stereocenters. The van der Waals surface area contributed by atoms with Gasteiger partial charge in [-0.1, -0.05) is 0 Å². The van der Waals surface area contributed by atoms with E-state index < -0.39 is 0 Å². The molecule has 0 aliphatic heterocycles. The molecule has 0 aromatic heterocycles. The molecule has 0 bridgehead atoms. The fourth-order valence-electron chi connectivity index (χ4n) is 1.03. The first-order chi connectivity index (χ1) is 6.07. The molecule has 1 aromatic carbocycles. The van der Waals surface area contributed by atoms with Crippen molar-refractivity contribution in [1.29, 1.82) is 0 Å². The number of methoxy groups -OCH3 is 1. The summed E-state index contributed by atoms with van der Waals surface area (Å²) in [4.78, 5) is 11.1. The van der Waals surface area contributed by atoms with Crippen LogP contribution in [0.1, 0.15) is 17.3 Å². The Bertz CT molecular complexity index is 350. The van der Waals surface area contributed by atoms with Crippen molar-refractivity contribution in [2.24, 2.45) is 0 Å². The summed E-state index contributed by atoms with van der Waals surface area (Å²) in [5.74, 6) is 0.540. The molecule has 0 aliphatic rings. The van der Waals surface area contributed by atoms with E-state index in [0.29, 0.717) is 21.5 Å². The van der Waals surface area contributed by atoms with Crippen LogP contribution < -0.4 is 10.5 Å². The molecule has 0 saturated carbocycles. The molecule has 0 unspecified atom stereocenters. The smallest absolute Gasteiger partial charge is 0.161 e. The van der Waals surface area contributed by atoms with E-state index in [9.17, 15) is 4.79 Å². The summed E-state index contributed by atoms with van der Waals surface area (Å²) in [5, 5.41) is 0. The second kappa shape index (κ2) is 3.79. The molecule has 4 heteroatoms. The number of hydrogen-bond acceptors (Lipinski definition) is 3. The van der Waals surface area contributed by atoms with Crippen LogP contribution in [0.4, 0.5) is 5.69 Å². The number of anilines is 1. The van der Waals surface area contributed by atoms with Gasteiger partial charge in [-0.15, -0.1) is 0 Å². The summed E-state index contributed by atoms with van der Waals surface area (Å²) in [7, 11) is 1.53. The molecule has 0 radical (unpaired) electrons. The maximum Gasteiger partial charge on any atom is 0.161 e. The van der Waals surface area contributed by atoms with Crippen molar-refractivity contribution in [1.82, 2.24) is 0 Å². The Morgan fingerprint density at radius 3 is 2.62 bits per heavy atom. The Morgan fingerprint density at radius 2 is 2.15 bits per heavy atom. The molecule has 13 heavy (non-hydrogen) atoms. The fraction of sp³-hybridized carbons (Fsp3) is 0.222. The first kappa shape index (κ1) is 10.1. The van der Waals surface area contributed by atoms with Gasteiger partial charge in [0.05, 0.1) is 17.3 Å². The van der Waals surface area contributed by atoms with E-state index in [4.69, 9.17) is 10.5 Å². The number of carbonyl (C=O) groups is 1. The highest BCUT2D eigenvalue weighted by molar-refractivity contribution is 9.10. The highest BCUT2D eigenvalue weighted by Crippen LogP contribution is 2.32. The first-order valence-electron chi connectivity index (χ1n) is 3.70. The molecule has 70 valence electrons. The predicted molar refractivity (Wildman–Crippen MR) is 55.1 cm³/mol. The van der Waals surface area contributed by atoms with Gasteiger partial charge in [0.2, 0.25) is 0 Å². The lowest BCUT2D eigenvalue weighted by molar-refractivity contribution is 0.101. The zero-order valence-electron chi connectivity index (χ0n) is 7.43. The third-order valence-electron chi connectivity index (χ3n) is 1.74. The molecule has 0 saturated heterocycles. The molecule has 0 amide bonds. The molecule has 1 rings (SSSR count). The van der Waals surface area contributed by atoms with Gasteiger partial charge in [0.1, 0.15) is 5.75 Å². The van der Waals surface area contributed by atoms with Crippen molar-refractivity contribution in [3.63, 3.8) is 0 Å². The maximum absolute atomic E-state index is 11.1. The predicted octanol–water partition coefficient (Wildman–Crippen LogP) is 2.24. The summed E-state index contributed by atoms with van der Waals surface area (Å²) in [6.45, 7) is 1.49. The Morgan fingerprint density at radius 1 is 1.54 bits per heavy atom. The van der Waals surface area contributed by atoms with E-state index in [1.54, 1.807) is 12.1 Å². The maximum atomic E-state index is 11.1. The normalized spacial score (nSPS) is 9.77. The van der Waals surface area contributed by atoms with Crippen molar-refractivity contribution < 1.29 is 9.53 Å². The minimum absolute atomic E-state index is 0.0266. The van der Waals surface area contributed by atoms with Crippen molar-refractivity contribution in [2.45, 2.75) is 6.92 Å². The van der Waals surface area contributed by atoms with Crippen LogP contribution in [0, 0.1) is 0 Å². The number of nitrogen functional groups attached to an aromatic ring is 1. The number of benzene rings is 1. The van der Waals surface area contributed by atoms with Crippen LogP contribution in [-0.2, 0) is 0 Å². The van der Waals surface area contributed by atoms with Crippen LogP contribution in [-0.4, -0.2) is 12.9 Å². The lowest BCUT2D eigenvalue weighted by Crippen LogP contribution is -2.00. The minimum Gasteiger partial charge on any atom is -0.495 e. The van der Waals surface area contributed by atoms with Crippen LogP contribution in [0.2, 0.25) is 0 Å². The highest BCUT2D eigenvalue weighted by Gasteiger charge is 2.11. The van der Waals surface area contributed by atoms with Gasteiger partial charge >= 0.3 is 0 Å². The van der Waals surface area contributed by atoms with Gasteiger partial charge in [0, 0.05) is 5.56 Å². The van der Waals surface area contributed by atoms with Crippen LogP contribution in [0.15, 0.2) is 16.6 Å². The molecular formula is C9H10BrNO2. The van der Waals surface area contributed by atoms with Crippen LogP contribution >= 0.6 is 15.9 Å². The van der Waals surface area contributed by atoms with Crippen molar-refractivity contribution in [2.75, 3.05) is 12.8 Å². The van der Waals surface area contributed by atoms with Crippen LogP contribution in [0.25, 0.3) is 0 Å². The summed E-state index contributed by atoms with van der Waals surface area (Å²) in [6.07, 6.45) is 0. The summed E-state index contributed by atoms with van der Waals surface area (Å²) in [6, 6.07) is 3.36. The van der Waals surface area contributed by atoms with Gasteiger partial charge in [0.25, 0.3) is 0 Å². The number of Topliss-reactive ketones (excluding diaryl/α,β-unsaturated/α-hetero) is 1. The standard InChI is InChI=1S/C9H10BrNO2/c1-5(12)6-3-4-7(13-2)9(11)8(6)10/h3-4H,11H2,1-2H3. The van der Waals surface area contributed by atoms with Gasteiger partial charge in [0.15, 0.2) is 5.78 Å². The summed E-state index contributed by atoms with van der Waals surface area (Å²) >= 11 is 3.25. The zero-order valence-corrected chi connectivity index (χ0v) is 9.01. The number of hydrogen-bond donors (Lipinski definition) is 1. The Kier molecular flexibility index (Phi) is 2.93. The van der Waals surface area contributed by atoms with Gasteiger partial charge in [-0.3, -0.25) is 4.79 Å². The second-order valence-corrected chi connectivity index (χ2v) is 3.39. The molecule has 0 spiro atoms. The third-order valence-corrected chi connectivity index (χ3v) is 2.59. The third kappa shape index (κ3) is 1.83. The average Bonchev–Trinajstić information content (AvgIpc) is 2.09. The largest absolute Gasteiger partial charge is 0.495 e. The fourth-order valence-corrected chi connectivity index (χ4v) is 1.63. The lowest BCUT2D eigenvalue weighted by Gasteiger charge is -2.08. The van der Waals surface area contributed by atoms with Crippen LogP contribution in [0.5, 0.6) is 5.75 Å². The number of carbonyl (C=O) groups excluding carboxylic acids is 1. The molecule has 0 fully saturated rings. The number of halogens is 1. The van der Waals surface area contributed by atoms with Crippen molar-refractivity contribution in [3.05, 3.63) is 22.2 Å². The van der Waals surface area contributed by atoms with E-state index in [0.717, 1.165) is 0 Å². The molecule has 2 N–H and O–H groups in total. The summed E-state index contributed by atoms with van der Waals surface area (Å²) < 4.78 is 5.59. The van der Waals surface area contributed by atoms with E-state index in [1.165, 1.54) is 14.0 Å². The van der Waals surface area contributed by atoms with Crippen molar-refractivity contribution in [3.8, 4) is 5.75 Å². The molecular weight excluding hydrogens is 234 g/mol. The SMILES string of the molecule is COc1ccc(C(C)=O)c(Br)c1N. The molecule has 1 aromatic rings. The lowest BCUT2D eigenvalue weighted by atomic mass is 10.1. The first-order valence-corrected chi connectivity index (χ1v) is 4.50. The van der Waals surface area contributed by atoms with Gasteiger partial charge in [-0.25, -0.2) is 0 Å². The summed E-state index contributed by atoms with van der Waals surface area (Å²) in [5.41, 5.74) is 6.73. The Balaban J connectivity index is 3.31. The Labute approximate surface area is 85.0 Å². The van der Waals surface area contributed by atoms with Crippen molar-refractivity contribution >= 4 is 27.4 Å². The monoisotopic (exact) mass is 243 g/mol. The van der Waals surface area contributed by atoms with Gasteiger partial charge in [-0.2, -0.15) is 0 Å². The topological polar surface area (TPSA) is 52.3 Å². The number of ether oxygens (including phenoxy) is 1. The van der Waals surface area contributed by atoms with E-state index in [2.05, 4.69) is 15.9 Å². The highest BCUT2D eigenvalue weighted by atomic mass is 79.9. The van der Waals surface area contributed by atoms with E-state index in [-0.39, 0.29) is 5.78 Å². The number of ketones is 1. The quantitative estimate of drug-likeness (QED) is 0.641. The van der Waals surface area contributed by atoms with Gasteiger partial charge < -0.3 is 10.5 Å². The van der Waals surface area contributed by atoms with Gasteiger partial charge in [-0.05, 0) is 35.0 Å². The molecule has 0 heterocycles. The number of rotatable bonds is 2. The van der Waals surface area contributed by atoms with Crippen LogP contribution in [0.3, 0.4) is 0 Å². The molecule has 3 nitrogen and oxygen atoms in total. The van der Waals surface area contributed by atoms with E-state index in [1.807, 2.05) is 0 Å². The molecule has 0 aliphatic carbocycles. The second-order valence-electron chi connectivity index (χ2n) is 2.60. The minimum atomic E-state index is -0.0266. The Hall–Kier alpha value is -1.03. The zero-order chi connectivity index (χ0) is 10.0. The van der Waals surface area contributed by atoms with E-state index >= 15 is 0 Å².